The fourth-order valence-corrected chi connectivity index (χ4v) is 2.06. The highest BCUT2D eigenvalue weighted by Crippen LogP contribution is 2.38. The van der Waals surface area contributed by atoms with E-state index < -0.39 is 11.0 Å². The minimum Gasteiger partial charge on any atom is -0.478 e. The Morgan fingerprint density at radius 3 is 2.90 bits per heavy atom. The van der Waals surface area contributed by atoms with Crippen molar-refractivity contribution in [3.8, 4) is 5.75 Å². The summed E-state index contributed by atoms with van der Waals surface area (Å²) in [7, 11) is 0. The molecule has 1 N–H and O–H groups in total. The quantitative estimate of drug-likeness (QED) is 0.654. The molecular formula is C11H10BrN3O5. The van der Waals surface area contributed by atoms with Crippen LogP contribution in [0.3, 0.4) is 0 Å². The van der Waals surface area contributed by atoms with Gasteiger partial charge in [-0.25, -0.2) is 0 Å². The van der Waals surface area contributed by atoms with Gasteiger partial charge >= 0.3 is 5.69 Å². The van der Waals surface area contributed by atoms with Crippen LogP contribution < -0.4 is 4.74 Å². The van der Waals surface area contributed by atoms with Crippen molar-refractivity contribution in [1.29, 1.82) is 0 Å². The normalized spacial score (nSPS) is 12.2. The molecule has 0 unspecified atom stereocenters. The number of hydrogen-bond donors (Lipinski definition) is 1. The van der Waals surface area contributed by atoms with Crippen molar-refractivity contribution in [2.75, 3.05) is 0 Å². The SMILES string of the molecule is C[C@H](O)c1cc(Br)cc([N+](=O)[O-])c1OCc1ncon1. The molecule has 106 valence electrons. The lowest BCUT2D eigenvalue weighted by molar-refractivity contribution is -0.386. The van der Waals surface area contributed by atoms with Crippen molar-refractivity contribution < 1.29 is 19.3 Å². The first-order valence-corrected chi connectivity index (χ1v) is 6.32. The largest absolute Gasteiger partial charge is 0.478 e. The lowest BCUT2D eigenvalue weighted by Gasteiger charge is -2.13. The van der Waals surface area contributed by atoms with E-state index in [-0.39, 0.29) is 23.9 Å². The predicted octanol–water partition coefficient (Wildman–Crippen LogP) is 2.37. The molecule has 0 saturated carbocycles. The number of benzene rings is 1. The average Bonchev–Trinajstić information content (AvgIpc) is 2.89. The zero-order valence-electron chi connectivity index (χ0n) is 10.3. The number of nitro groups is 1. The van der Waals surface area contributed by atoms with Gasteiger partial charge in [-0.15, -0.1) is 0 Å². The van der Waals surface area contributed by atoms with E-state index in [1.165, 1.54) is 13.0 Å². The summed E-state index contributed by atoms with van der Waals surface area (Å²) < 4.78 is 10.4. The number of aliphatic hydroxyl groups is 1. The Bertz CT molecular complexity index is 615. The molecule has 1 atom stereocenters. The molecular weight excluding hydrogens is 334 g/mol. The first-order chi connectivity index (χ1) is 9.49. The summed E-state index contributed by atoms with van der Waals surface area (Å²) in [6.45, 7) is 1.39. The molecule has 0 saturated heterocycles. The minimum absolute atomic E-state index is 0.0157. The van der Waals surface area contributed by atoms with Gasteiger partial charge in [-0.3, -0.25) is 10.1 Å². The molecule has 0 amide bonds. The van der Waals surface area contributed by atoms with Gasteiger partial charge in [0, 0.05) is 16.1 Å². The third-order valence-electron chi connectivity index (χ3n) is 2.46. The summed E-state index contributed by atoms with van der Waals surface area (Å²) >= 11 is 3.16. The van der Waals surface area contributed by atoms with E-state index in [1.807, 2.05) is 0 Å². The van der Waals surface area contributed by atoms with E-state index in [4.69, 9.17) is 4.74 Å². The molecule has 1 aromatic carbocycles. The van der Waals surface area contributed by atoms with Gasteiger partial charge in [-0.05, 0) is 13.0 Å². The van der Waals surface area contributed by atoms with E-state index in [0.717, 1.165) is 6.39 Å². The lowest BCUT2D eigenvalue weighted by Crippen LogP contribution is -2.05. The fraction of sp³-hybridized carbons (Fsp3) is 0.273. The van der Waals surface area contributed by atoms with Crippen molar-refractivity contribution in [3.05, 3.63) is 44.5 Å². The second-order valence-electron chi connectivity index (χ2n) is 3.91. The van der Waals surface area contributed by atoms with Crippen LogP contribution in [0.1, 0.15) is 24.4 Å². The lowest BCUT2D eigenvalue weighted by atomic mass is 10.1. The van der Waals surface area contributed by atoms with E-state index in [0.29, 0.717) is 10.0 Å². The van der Waals surface area contributed by atoms with Crippen molar-refractivity contribution in [2.45, 2.75) is 19.6 Å². The highest BCUT2D eigenvalue weighted by Gasteiger charge is 2.23. The Kier molecular flexibility index (Phi) is 4.30. The molecule has 9 heteroatoms. The number of nitrogens with zero attached hydrogens (tertiary/aromatic N) is 3. The first kappa shape index (κ1) is 14.4. The number of ether oxygens (including phenoxy) is 1. The third kappa shape index (κ3) is 3.11. The maximum atomic E-state index is 11.1. The molecule has 8 nitrogen and oxygen atoms in total. The minimum atomic E-state index is -0.925. The van der Waals surface area contributed by atoms with Gasteiger partial charge in [0.1, 0.15) is 0 Å². The molecule has 0 spiro atoms. The van der Waals surface area contributed by atoms with Crippen LogP contribution in [-0.2, 0) is 6.61 Å². The van der Waals surface area contributed by atoms with Crippen molar-refractivity contribution >= 4 is 21.6 Å². The topological polar surface area (TPSA) is 112 Å². The zero-order valence-corrected chi connectivity index (χ0v) is 11.9. The molecule has 0 radical (unpaired) electrons. The predicted molar refractivity (Wildman–Crippen MR) is 70.1 cm³/mol. The van der Waals surface area contributed by atoms with Crippen LogP contribution in [0.5, 0.6) is 5.75 Å². The Hall–Kier alpha value is -2.00. The molecule has 0 fully saturated rings. The Labute approximate surface area is 121 Å². The molecule has 2 aromatic rings. The summed E-state index contributed by atoms with van der Waals surface area (Å²) in [5.74, 6) is 0.233. The van der Waals surface area contributed by atoms with Gasteiger partial charge in [0.05, 0.1) is 11.0 Å². The smallest absolute Gasteiger partial charge is 0.312 e. The molecule has 0 aliphatic carbocycles. The van der Waals surface area contributed by atoms with Crippen LogP contribution in [0.2, 0.25) is 0 Å². The van der Waals surface area contributed by atoms with Crippen LogP contribution >= 0.6 is 15.9 Å². The van der Waals surface area contributed by atoms with Crippen molar-refractivity contribution in [1.82, 2.24) is 10.1 Å². The van der Waals surface area contributed by atoms with Gasteiger partial charge in [-0.1, -0.05) is 21.1 Å². The molecule has 1 aromatic heterocycles. The van der Waals surface area contributed by atoms with Crippen LogP contribution in [0.15, 0.2) is 27.5 Å². The molecule has 20 heavy (non-hydrogen) atoms. The Morgan fingerprint density at radius 1 is 1.60 bits per heavy atom. The maximum absolute atomic E-state index is 11.1. The number of nitro benzene ring substituents is 1. The number of halogens is 1. The Morgan fingerprint density at radius 2 is 2.35 bits per heavy atom. The van der Waals surface area contributed by atoms with E-state index in [9.17, 15) is 15.2 Å². The summed E-state index contributed by atoms with van der Waals surface area (Å²) in [6, 6.07) is 2.86. The van der Waals surface area contributed by atoms with Crippen LogP contribution in [-0.4, -0.2) is 20.2 Å². The van der Waals surface area contributed by atoms with E-state index in [1.54, 1.807) is 6.07 Å². The van der Waals surface area contributed by atoms with Crippen LogP contribution in [0.25, 0.3) is 0 Å². The number of aliphatic hydroxyl groups excluding tert-OH is 1. The zero-order chi connectivity index (χ0) is 14.7. The van der Waals surface area contributed by atoms with Gasteiger partial charge in [0.25, 0.3) is 0 Å². The highest BCUT2D eigenvalue weighted by molar-refractivity contribution is 9.10. The summed E-state index contributed by atoms with van der Waals surface area (Å²) in [5, 5.41) is 24.3. The Balaban J connectivity index is 2.39. The summed E-state index contributed by atoms with van der Waals surface area (Å²) in [6.07, 6.45) is 0.205. The number of hydrogen-bond acceptors (Lipinski definition) is 7. The van der Waals surface area contributed by atoms with E-state index in [2.05, 4.69) is 30.6 Å². The monoisotopic (exact) mass is 343 g/mol. The van der Waals surface area contributed by atoms with Crippen molar-refractivity contribution in [3.63, 3.8) is 0 Å². The van der Waals surface area contributed by atoms with Crippen molar-refractivity contribution in [2.24, 2.45) is 0 Å². The fourth-order valence-electron chi connectivity index (χ4n) is 1.60. The average molecular weight is 344 g/mol. The molecule has 0 aliphatic heterocycles. The second kappa shape index (κ2) is 5.97. The van der Waals surface area contributed by atoms with Gasteiger partial charge in [0.15, 0.2) is 6.61 Å². The van der Waals surface area contributed by atoms with Crippen LogP contribution in [0.4, 0.5) is 5.69 Å². The first-order valence-electron chi connectivity index (χ1n) is 5.53. The summed E-state index contributed by atoms with van der Waals surface area (Å²) in [4.78, 5) is 14.3. The number of rotatable bonds is 5. The van der Waals surface area contributed by atoms with Gasteiger partial charge in [-0.2, -0.15) is 4.98 Å². The van der Waals surface area contributed by atoms with Gasteiger partial charge in [0.2, 0.25) is 18.0 Å². The highest BCUT2D eigenvalue weighted by atomic mass is 79.9. The number of aromatic nitrogens is 2. The molecule has 1 heterocycles. The maximum Gasteiger partial charge on any atom is 0.312 e. The van der Waals surface area contributed by atoms with Crippen LogP contribution in [0, 0.1) is 10.1 Å². The molecule has 0 bridgehead atoms. The molecule has 2 rings (SSSR count). The third-order valence-corrected chi connectivity index (χ3v) is 2.92. The van der Waals surface area contributed by atoms with E-state index >= 15 is 0 Å². The standard InChI is InChI=1S/C11H10BrN3O5/c1-6(16)8-2-7(12)3-9(15(17)18)11(8)19-4-10-13-5-20-14-10/h2-3,5-6,16H,4H2,1H3/t6-/m0/s1. The second-order valence-corrected chi connectivity index (χ2v) is 4.83. The van der Waals surface area contributed by atoms with Gasteiger partial charge < -0.3 is 14.4 Å². The summed E-state index contributed by atoms with van der Waals surface area (Å²) in [5.41, 5.74) is 0.0494. The molecule has 0 aliphatic rings.